The number of rotatable bonds is 9. The molecule has 1 unspecified atom stereocenters. The van der Waals surface area contributed by atoms with Gasteiger partial charge in [-0.25, -0.2) is 0 Å². The Morgan fingerprint density at radius 1 is 1.33 bits per heavy atom. The summed E-state index contributed by atoms with van der Waals surface area (Å²) in [6, 6.07) is 7.61. The van der Waals surface area contributed by atoms with E-state index in [9.17, 15) is 4.79 Å². The molecule has 0 aliphatic carbocycles. The van der Waals surface area contributed by atoms with Gasteiger partial charge in [0.25, 0.3) is 0 Å². The molecule has 1 heterocycles. The summed E-state index contributed by atoms with van der Waals surface area (Å²) in [5.74, 6) is 0.736. The van der Waals surface area contributed by atoms with Crippen LogP contribution in [-0.4, -0.2) is 73.2 Å². The zero-order valence-corrected chi connectivity index (χ0v) is 15.3. The SMILES string of the molecule is CCOCC(C)(C(=O)c1ccc(SCCO)cc1)N1CCOCC1. The maximum atomic E-state index is 13.2. The highest BCUT2D eigenvalue weighted by molar-refractivity contribution is 7.99. The summed E-state index contributed by atoms with van der Waals surface area (Å²) in [6.45, 7) is 7.78. The average molecular weight is 353 g/mol. The van der Waals surface area contributed by atoms with E-state index in [1.807, 2.05) is 38.1 Å². The molecular weight excluding hydrogens is 326 g/mol. The number of benzene rings is 1. The van der Waals surface area contributed by atoms with E-state index in [0.717, 1.165) is 18.0 Å². The topological polar surface area (TPSA) is 59.0 Å². The predicted octanol–water partition coefficient (Wildman–Crippen LogP) is 2.08. The first-order valence-electron chi connectivity index (χ1n) is 8.41. The fourth-order valence-electron chi connectivity index (χ4n) is 2.84. The summed E-state index contributed by atoms with van der Waals surface area (Å²) in [7, 11) is 0. The van der Waals surface area contributed by atoms with Crippen molar-refractivity contribution in [1.29, 1.82) is 0 Å². The monoisotopic (exact) mass is 353 g/mol. The fraction of sp³-hybridized carbons (Fsp3) is 0.611. The van der Waals surface area contributed by atoms with E-state index in [-0.39, 0.29) is 12.4 Å². The lowest BCUT2D eigenvalue weighted by Crippen LogP contribution is -2.59. The molecule has 1 aliphatic rings. The molecule has 0 spiro atoms. The van der Waals surface area contributed by atoms with Crippen LogP contribution in [0.3, 0.4) is 0 Å². The predicted molar refractivity (Wildman–Crippen MR) is 95.9 cm³/mol. The summed E-state index contributed by atoms with van der Waals surface area (Å²) in [6.07, 6.45) is 0. The third kappa shape index (κ3) is 4.80. The van der Waals surface area contributed by atoms with Gasteiger partial charge >= 0.3 is 0 Å². The van der Waals surface area contributed by atoms with Gasteiger partial charge in [-0.3, -0.25) is 9.69 Å². The Morgan fingerprint density at radius 2 is 2.00 bits per heavy atom. The smallest absolute Gasteiger partial charge is 0.185 e. The second-order valence-electron chi connectivity index (χ2n) is 5.94. The highest BCUT2D eigenvalue weighted by Crippen LogP contribution is 2.25. The van der Waals surface area contributed by atoms with Gasteiger partial charge in [-0.15, -0.1) is 11.8 Å². The van der Waals surface area contributed by atoms with E-state index >= 15 is 0 Å². The number of morpholine rings is 1. The number of hydrogen-bond donors (Lipinski definition) is 1. The number of thioether (sulfide) groups is 1. The molecule has 0 radical (unpaired) electrons. The summed E-state index contributed by atoms with van der Waals surface area (Å²) < 4.78 is 11.1. The van der Waals surface area contributed by atoms with E-state index < -0.39 is 5.54 Å². The van der Waals surface area contributed by atoms with Crippen LogP contribution in [0.1, 0.15) is 24.2 Å². The molecule has 1 N–H and O–H groups in total. The first kappa shape index (κ1) is 19.4. The largest absolute Gasteiger partial charge is 0.396 e. The number of carbonyl (C=O) groups is 1. The molecule has 24 heavy (non-hydrogen) atoms. The van der Waals surface area contributed by atoms with Gasteiger partial charge in [0.05, 0.1) is 26.4 Å². The summed E-state index contributed by atoms with van der Waals surface area (Å²) in [4.78, 5) is 16.4. The van der Waals surface area contributed by atoms with Crippen LogP contribution >= 0.6 is 11.8 Å². The Kier molecular flexibility index (Phi) is 7.71. The second kappa shape index (κ2) is 9.53. The van der Waals surface area contributed by atoms with Crippen molar-refractivity contribution in [3.8, 4) is 0 Å². The minimum absolute atomic E-state index is 0.0801. The summed E-state index contributed by atoms with van der Waals surface area (Å²) >= 11 is 1.58. The molecule has 0 saturated carbocycles. The molecule has 5 nitrogen and oxygen atoms in total. The Hall–Kier alpha value is -0.920. The highest BCUT2D eigenvalue weighted by Gasteiger charge is 2.40. The molecule has 1 aromatic carbocycles. The van der Waals surface area contributed by atoms with Crippen molar-refractivity contribution in [2.24, 2.45) is 0 Å². The standard InChI is InChI=1S/C18H27NO4S/c1-3-22-14-18(2,19-8-11-23-12-9-19)17(21)15-4-6-16(7-5-15)24-13-10-20/h4-7,20H,3,8-14H2,1-2H3. The Morgan fingerprint density at radius 3 is 2.58 bits per heavy atom. The minimum atomic E-state index is -0.681. The van der Waals surface area contributed by atoms with Gasteiger partial charge in [-0.2, -0.15) is 0 Å². The fourth-order valence-corrected chi connectivity index (χ4v) is 3.49. The average Bonchev–Trinajstić information content (AvgIpc) is 2.65. The van der Waals surface area contributed by atoms with Crippen LogP contribution in [0, 0.1) is 0 Å². The molecular formula is C18H27NO4S. The van der Waals surface area contributed by atoms with Crippen LogP contribution in [0.25, 0.3) is 0 Å². The first-order valence-corrected chi connectivity index (χ1v) is 9.39. The number of aliphatic hydroxyl groups is 1. The number of ether oxygens (including phenoxy) is 2. The molecule has 1 aromatic rings. The molecule has 0 amide bonds. The van der Waals surface area contributed by atoms with Crippen molar-refractivity contribution >= 4 is 17.5 Å². The highest BCUT2D eigenvalue weighted by atomic mass is 32.2. The van der Waals surface area contributed by atoms with Gasteiger partial charge in [-0.1, -0.05) is 12.1 Å². The van der Waals surface area contributed by atoms with Gasteiger partial charge < -0.3 is 14.6 Å². The molecule has 1 fully saturated rings. The van der Waals surface area contributed by atoms with Gasteiger partial charge in [-0.05, 0) is 26.0 Å². The van der Waals surface area contributed by atoms with Crippen LogP contribution in [0.4, 0.5) is 0 Å². The number of ketones is 1. The lowest BCUT2D eigenvalue weighted by molar-refractivity contribution is -0.0384. The second-order valence-corrected chi connectivity index (χ2v) is 7.10. The van der Waals surface area contributed by atoms with Crippen LogP contribution < -0.4 is 0 Å². The molecule has 1 aliphatic heterocycles. The van der Waals surface area contributed by atoms with Crippen LogP contribution in [0.15, 0.2) is 29.2 Å². The first-order chi connectivity index (χ1) is 11.6. The number of aliphatic hydroxyl groups excluding tert-OH is 1. The van der Waals surface area contributed by atoms with Crippen LogP contribution in [0.2, 0.25) is 0 Å². The lowest BCUT2D eigenvalue weighted by Gasteiger charge is -2.41. The van der Waals surface area contributed by atoms with Gasteiger partial charge in [0.15, 0.2) is 5.78 Å². The van der Waals surface area contributed by atoms with Crippen molar-refractivity contribution in [2.45, 2.75) is 24.3 Å². The normalized spacial score (nSPS) is 18.3. The van der Waals surface area contributed by atoms with E-state index in [2.05, 4.69) is 4.90 Å². The molecule has 1 atom stereocenters. The minimum Gasteiger partial charge on any atom is -0.396 e. The zero-order chi connectivity index (χ0) is 17.4. The van der Waals surface area contributed by atoms with E-state index in [1.165, 1.54) is 0 Å². The maximum Gasteiger partial charge on any atom is 0.185 e. The molecule has 0 aromatic heterocycles. The van der Waals surface area contributed by atoms with Crippen LogP contribution in [-0.2, 0) is 9.47 Å². The summed E-state index contributed by atoms with van der Waals surface area (Å²) in [5, 5.41) is 8.90. The Labute approximate surface area is 148 Å². The summed E-state index contributed by atoms with van der Waals surface area (Å²) in [5.41, 5.74) is 0.0107. The van der Waals surface area contributed by atoms with Crippen molar-refractivity contribution < 1.29 is 19.4 Å². The van der Waals surface area contributed by atoms with Crippen molar-refractivity contribution in [3.05, 3.63) is 29.8 Å². The molecule has 134 valence electrons. The number of carbonyl (C=O) groups excluding carboxylic acids is 1. The Bertz CT molecular complexity index is 516. The number of Topliss-reactive ketones (excluding diaryl/α,β-unsaturated/α-hetero) is 1. The lowest BCUT2D eigenvalue weighted by atomic mass is 9.89. The van der Waals surface area contributed by atoms with E-state index in [4.69, 9.17) is 14.6 Å². The quantitative estimate of drug-likeness (QED) is 0.542. The zero-order valence-electron chi connectivity index (χ0n) is 14.5. The third-order valence-electron chi connectivity index (χ3n) is 4.26. The molecule has 1 saturated heterocycles. The van der Waals surface area contributed by atoms with E-state index in [0.29, 0.717) is 37.7 Å². The van der Waals surface area contributed by atoms with Crippen molar-refractivity contribution in [3.63, 3.8) is 0 Å². The van der Waals surface area contributed by atoms with Gasteiger partial charge in [0, 0.05) is 35.9 Å². The van der Waals surface area contributed by atoms with Gasteiger partial charge in [0.1, 0.15) is 5.54 Å². The number of nitrogens with zero attached hydrogens (tertiary/aromatic N) is 1. The van der Waals surface area contributed by atoms with Crippen molar-refractivity contribution in [2.75, 3.05) is 51.9 Å². The number of hydrogen-bond acceptors (Lipinski definition) is 6. The maximum absolute atomic E-state index is 13.2. The Balaban J connectivity index is 2.16. The van der Waals surface area contributed by atoms with E-state index in [1.54, 1.807) is 11.8 Å². The van der Waals surface area contributed by atoms with Gasteiger partial charge in [0.2, 0.25) is 0 Å². The molecule has 2 rings (SSSR count). The molecule has 0 bridgehead atoms. The van der Waals surface area contributed by atoms with Crippen LogP contribution in [0.5, 0.6) is 0 Å². The van der Waals surface area contributed by atoms with Crippen molar-refractivity contribution in [1.82, 2.24) is 4.90 Å². The third-order valence-corrected chi connectivity index (χ3v) is 5.25. The molecule has 6 heteroatoms.